The Kier molecular flexibility index (Phi) is 7.60. The molecule has 0 bridgehead atoms. The van der Waals surface area contributed by atoms with Crippen LogP contribution >= 0.6 is 11.6 Å². The third-order valence-corrected chi connectivity index (χ3v) is 4.74. The molecule has 0 atom stereocenters. The fraction of sp³-hybridized carbons (Fsp3) is 0.227. The van der Waals surface area contributed by atoms with E-state index >= 15 is 0 Å². The Labute approximate surface area is 184 Å². The summed E-state index contributed by atoms with van der Waals surface area (Å²) in [6, 6.07) is 16.0. The standard InChI is InChI=1S/C22H20ClN5O3/c23-18-7-17(11-25)8-19(9-18)31-22-20(26-27-21(22)14-30)13-28(5-6-29)12-16-3-1-15(10-24)2-4-16/h1-4,7-9,29-30H,5-6,12-14H2,(H,26,27). The van der Waals surface area contributed by atoms with Gasteiger partial charge in [-0.3, -0.25) is 10.00 Å². The predicted molar refractivity (Wildman–Crippen MR) is 113 cm³/mol. The molecule has 0 aliphatic carbocycles. The zero-order valence-corrected chi connectivity index (χ0v) is 17.3. The SMILES string of the molecule is N#Cc1ccc(CN(CCO)Cc2n[nH]c(CO)c2Oc2cc(Cl)cc(C#N)c2)cc1. The zero-order chi connectivity index (χ0) is 22.2. The van der Waals surface area contributed by atoms with Crippen LogP contribution in [0.1, 0.15) is 28.1 Å². The fourth-order valence-corrected chi connectivity index (χ4v) is 3.28. The van der Waals surface area contributed by atoms with Crippen LogP contribution in [0.5, 0.6) is 11.5 Å². The van der Waals surface area contributed by atoms with Crippen LogP contribution in [0.4, 0.5) is 0 Å². The number of halogens is 1. The molecule has 0 unspecified atom stereocenters. The number of ether oxygens (including phenoxy) is 1. The fourth-order valence-electron chi connectivity index (χ4n) is 3.06. The molecule has 31 heavy (non-hydrogen) atoms. The summed E-state index contributed by atoms with van der Waals surface area (Å²) >= 11 is 6.06. The minimum absolute atomic E-state index is 0.0520. The molecule has 9 heteroatoms. The van der Waals surface area contributed by atoms with Crippen LogP contribution in [0.15, 0.2) is 42.5 Å². The summed E-state index contributed by atoms with van der Waals surface area (Å²) in [5.41, 5.74) is 2.81. The maximum atomic E-state index is 9.68. The second kappa shape index (κ2) is 10.6. The van der Waals surface area contributed by atoms with Crippen LogP contribution in [0.3, 0.4) is 0 Å². The van der Waals surface area contributed by atoms with Gasteiger partial charge in [0.25, 0.3) is 0 Å². The van der Waals surface area contributed by atoms with Crippen molar-refractivity contribution in [2.45, 2.75) is 19.7 Å². The third kappa shape index (κ3) is 5.82. The summed E-state index contributed by atoms with van der Waals surface area (Å²) in [6.45, 7) is 0.866. The van der Waals surface area contributed by atoms with Crippen LogP contribution in [0.2, 0.25) is 5.02 Å². The molecule has 3 aromatic rings. The van der Waals surface area contributed by atoms with Gasteiger partial charge in [-0.2, -0.15) is 15.6 Å². The summed E-state index contributed by atoms with van der Waals surface area (Å²) in [5.74, 6) is 0.693. The molecule has 3 rings (SSSR count). The average molecular weight is 438 g/mol. The van der Waals surface area contributed by atoms with E-state index in [1.54, 1.807) is 24.3 Å². The number of hydrogen-bond donors (Lipinski definition) is 3. The van der Waals surface area contributed by atoms with Gasteiger partial charge in [-0.05, 0) is 35.9 Å². The molecule has 158 valence electrons. The maximum absolute atomic E-state index is 9.68. The van der Waals surface area contributed by atoms with Gasteiger partial charge in [0.15, 0.2) is 5.75 Å². The number of rotatable bonds is 9. The first-order valence-electron chi connectivity index (χ1n) is 9.44. The van der Waals surface area contributed by atoms with Crippen LogP contribution in [0, 0.1) is 22.7 Å². The topological polar surface area (TPSA) is 129 Å². The lowest BCUT2D eigenvalue weighted by Crippen LogP contribution is -2.26. The van der Waals surface area contributed by atoms with Gasteiger partial charge in [0.1, 0.15) is 17.1 Å². The van der Waals surface area contributed by atoms with Crippen LogP contribution in [-0.2, 0) is 19.7 Å². The summed E-state index contributed by atoms with van der Waals surface area (Å²) in [4.78, 5) is 1.96. The molecule has 1 heterocycles. The molecule has 1 aromatic heterocycles. The molecular weight excluding hydrogens is 418 g/mol. The van der Waals surface area contributed by atoms with E-state index in [9.17, 15) is 10.2 Å². The lowest BCUT2D eigenvalue weighted by Gasteiger charge is -2.21. The van der Waals surface area contributed by atoms with Crippen LogP contribution in [0.25, 0.3) is 0 Å². The third-order valence-electron chi connectivity index (χ3n) is 4.52. The van der Waals surface area contributed by atoms with Crippen molar-refractivity contribution in [2.24, 2.45) is 0 Å². The van der Waals surface area contributed by atoms with Crippen molar-refractivity contribution in [2.75, 3.05) is 13.2 Å². The van der Waals surface area contributed by atoms with E-state index in [0.29, 0.717) is 58.7 Å². The molecule has 3 N–H and O–H groups in total. The first-order valence-corrected chi connectivity index (χ1v) is 9.81. The number of benzene rings is 2. The van der Waals surface area contributed by atoms with Crippen molar-refractivity contribution in [1.29, 1.82) is 10.5 Å². The van der Waals surface area contributed by atoms with E-state index in [1.807, 2.05) is 23.1 Å². The summed E-state index contributed by atoms with van der Waals surface area (Å²) < 4.78 is 5.94. The zero-order valence-electron chi connectivity index (χ0n) is 16.5. The molecule has 0 saturated heterocycles. The Balaban J connectivity index is 1.84. The number of nitrogens with zero attached hydrogens (tertiary/aromatic N) is 4. The molecule has 0 fully saturated rings. The molecule has 8 nitrogen and oxygen atoms in total. The average Bonchev–Trinajstić information content (AvgIpc) is 3.15. The van der Waals surface area contributed by atoms with Gasteiger partial charge in [0, 0.05) is 24.7 Å². The predicted octanol–water partition coefficient (Wildman–Crippen LogP) is 3.09. The van der Waals surface area contributed by atoms with E-state index in [-0.39, 0.29) is 13.2 Å². The molecule has 0 aliphatic heterocycles. The van der Waals surface area contributed by atoms with Gasteiger partial charge in [0.05, 0.1) is 36.5 Å². The van der Waals surface area contributed by atoms with Gasteiger partial charge < -0.3 is 14.9 Å². The van der Waals surface area contributed by atoms with Gasteiger partial charge in [-0.15, -0.1) is 0 Å². The first-order chi connectivity index (χ1) is 15.1. The highest BCUT2D eigenvalue weighted by molar-refractivity contribution is 6.30. The second-order valence-electron chi connectivity index (χ2n) is 6.77. The van der Waals surface area contributed by atoms with Crippen molar-refractivity contribution in [1.82, 2.24) is 15.1 Å². The minimum Gasteiger partial charge on any atom is -0.453 e. The van der Waals surface area contributed by atoms with Crippen LogP contribution < -0.4 is 4.74 Å². The largest absolute Gasteiger partial charge is 0.453 e. The lowest BCUT2D eigenvalue weighted by atomic mass is 10.1. The van der Waals surface area contributed by atoms with Gasteiger partial charge in [0.2, 0.25) is 0 Å². The van der Waals surface area contributed by atoms with Crippen molar-refractivity contribution < 1.29 is 14.9 Å². The molecule has 0 aliphatic rings. The molecule has 0 radical (unpaired) electrons. The Bertz CT molecular complexity index is 1120. The van der Waals surface area contributed by atoms with Crippen molar-refractivity contribution in [3.05, 3.63) is 75.6 Å². The molecule has 0 spiro atoms. The number of aromatic amines is 1. The number of aromatic nitrogens is 2. The quantitative estimate of drug-likeness (QED) is 0.469. The first kappa shape index (κ1) is 22.3. The number of aliphatic hydroxyl groups is 2. The Morgan fingerprint density at radius 1 is 1.03 bits per heavy atom. The lowest BCUT2D eigenvalue weighted by molar-refractivity contribution is 0.181. The maximum Gasteiger partial charge on any atom is 0.175 e. The van der Waals surface area contributed by atoms with Crippen molar-refractivity contribution in [3.63, 3.8) is 0 Å². The van der Waals surface area contributed by atoms with Crippen LogP contribution in [-0.4, -0.2) is 38.5 Å². The highest BCUT2D eigenvalue weighted by Crippen LogP contribution is 2.31. The molecule has 2 aromatic carbocycles. The van der Waals surface area contributed by atoms with E-state index < -0.39 is 0 Å². The summed E-state index contributed by atoms with van der Waals surface area (Å²) in [6.07, 6.45) is 0. The Morgan fingerprint density at radius 3 is 2.42 bits per heavy atom. The minimum atomic E-state index is -0.316. The summed E-state index contributed by atoms with van der Waals surface area (Å²) in [7, 11) is 0. The number of H-pyrrole nitrogens is 1. The number of nitriles is 2. The Morgan fingerprint density at radius 2 is 1.77 bits per heavy atom. The number of hydrogen-bond acceptors (Lipinski definition) is 7. The van der Waals surface area contributed by atoms with Gasteiger partial charge in [-0.1, -0.05) is 23.7 Å². The normalized spacial score (nSPS) is 10.6. The van der Waals surface area contributed by atoms with E-state index in [2.05, 4.69) is 16.3 Å². The number of nitrogens with one attached hydrogen (secondary N) is 1. The highest BCUT2D eigenvalue weighted by Gasteiger charge is 2.19. The monoisotopic (exact) mass is 437 g/mol. The highest BCUT2D eigenvalue weighted by atomic mass is 35.5. The molecule has 0 amide bonds. The second-order valence-corrected chi connectivity index (χ2v) is 7.20. The Hall–Kier alpha value is -3.40. The van der Waals surface area contributed by atoms with Crippen molar-refractivity contribution >= 4 is 11.6 Å². The number of aliphatic hydroxyl groups excluding tert-OH is 2. The van der Waals surface area contributed by atoms with Gasteiger partial charge >= 0.3 is 0 Å². The smallest absolute Gasteiger partial charge is 0.175 e. The molecule has 0 saturated carbocycles. The van der Waals surface area contributed by atoms with E-state index in [4.69, 9.17) is 26.9 Å². The van der Waals surface area contributed by atoms with E-state index in [0.717, 1.165) is 5.56 Å². The van der Waals surface area contributed by atoms with Crippen molar-refractivity contribution in [3.8, 4) is 23.6 Å². The molecular formula is C22H20ClN5O3. The van der Waals surface area contributed by atoms with E-state index in [1.165, 1.54) is 6.07 Å². The van der Waals surface area contributed by atoms with Gasteiger partial charge in [-0.25, -0.2) is 0 Å². The summed E-state index contributed by atoms with van der Waals surface area (Å²) in [5, 5.41) is 44.7.